The van der Waals surface area contributed by atoms with Crippen LogP contribution in [0.3, 0.4) is 0 Å². The number of aliphatic hydroxyl groups excluding tert-OH is 1. The third-order valence-electron chi connectivity index (χ3n) is 7.04. The minimum Gasteiger partial charge on any atom is -0.497 e. The molecule has 3 aromatic carbocycles. The zero-order chi connectivity index (χ0) is 23.1. The van der Waals surface area contributed by atoms with E-state index in [0.717, 1.165) is 48.6 Å². The molecule has 2 aliphatic heterocycles. The summed E-state index contributed by atoms with van der Waals surface area (Å²) >= 11 is 0. The summed E-state index contributed by atoms with van der Waals surface area (Å²) in [4.78, 5) is 16.3. The van der Waals surface area contributed by atoms with Crippen LogP contribution in [-0.4, -0.2) is 49.4 Å². The molecule has 3 N–H and O–H groups in total. The van der Waals surface area contributed by atoms with Crippen molar-refractivity contribution in [3.63, 3.8) is 0 Å². The quantitative estimate of drug-likeness (QED) is 0.643. The average molecular weight is 444 g/mol. The number of amides is 1. The Morgan fingerprint density at radius 3 is 2.45 bits per heavy atom. The van der Waals surface area contributed by atoms with Gasteiger partial charge in [0, 0.05) is 31.4 Å². The van der Waals surface area contributed by atoms with E-state index in [1.54, 1.807) is 19.1 Å². The molecular formula is C27H29N3O3. The highest BCUT2D eigenvalue weighted by Crippen LogP contribution is 2.41. The monoisotopic (exact) mass is 443 g/mol. The second-order valence-electron chi connectivity index (χ2n) is 8.86. The molecule has 2 aliphatic rings. The number of benzene rings is 3. The number of hydrogen-bond acceptors (Lipinski definition) is 5. The van der Waals surface area contributed by atoms with Gasteiger partial charge in [0.2, 0.25) is 0 Å². The fourth-order valence-corrected chi connectivity index (χ4v) is 5.22. The highest BCUT2D eigenvalue weighted by Gasteiger charge is 2.36. The molecule has 33 heavy (non-hydrogen) atoms. The maximum absolute atomic E-state index is 12.4. The van der Waals surface area contributed by atoms with Crippen molar-refractivity contribution in [2.45, 2.75) is 25.0 Å². The average Bonchev–Trinajstić information content (AvgIpc) is 2.85. The van der Waals surface area contributed by atoms with Gasteiger partial charge in [-0.05, 0) is 53.3 Å². The van der Waals surface area contributed by atoms with Crippen LogP contribution in [0.25, 0.3) is 16.5 Å². The van der Waals surface area contributed by atoms with Crippen LogP contribution >= 0.6 is 0 Å². The minimum atomic E-state index is -1.05. The molecule has 0 spiro atoms. The van der Waals surface area contributed by atoms with Crippen LogP contribution in [0.1, 0.15) is 29.9 Å². The van der Waals surface area contributed by atoms with E-state index in [9.17, 15) is 9.90 Å². The SMILES string of the molecule is COc1ccc2cc(C3CCN(C4=C(C(N)=O)C(O)N(C)c5ccccc54)CC3)ccc2c1. The van der Waals surface area contributed by atoms with Crippen LogP contribution in [0.2, 0.25) is 0 Å². The molecule has 6 nitrogen and oxygen atoms in total. The van der Waals surface area contributed by atoms with E-state index >= 15 is 0 Å². The van der Waals surface area contributed by atoms with Gasteiger partial charge < -0.3 is 25.4 Å². The summed E-state index contributed by atoms with van der Waals surface area (Å²) in [7, 11) is 3.47. The Balaban J connectivity index is 1.42. The molecule has 1 saturated heterocycles. The molecule has 1 amide bonds. The van der Waals surface area contributed by atoms with Crippen LogP contribution < -0.4 is 15.4 Å². The van der Waals surface area contributed by atoms with Gasteiger partial charge in [-0.15, -0.1) is 0 Å². The van der Waals surface area contributed by atoms with Crippen LogP contribution in [0.4, 0.5) is 5.69 Å². The van der Waals surface area contributed by atoms with E-state index in [4.69, 9.17) is 10.5 Å². The largest absolute Gasteiger partial charge is 0.497 e. The van der Waals surface area contributed by atoms with Crippen molar-refractivity contribution in [3.05, 3.63) is 77.4 Å². The minimum absolute atomic E-state index is 0.273. The standard InChI is InChI=1S/C27H29N3O3/c1-29-23-6-4-3-5-22(23)25(24(26(28)31)27(29)32)30-13-11-17(12-14-30)18-7-8-20-16-21(33-2)10-9-19(20)15-18/h3-10,15-17,27,32H,11-14H2,1-2H3,(H2,28,31). The number of anilines is 1. The number of carbonyl (C=O) groups is 1. The molecule has 0 saturated carbocycles. The zero-order valence-electron chi connectivity index (χ0n) is 19.0. The van der Waals surface area contributed by atoms with E-state index in [0.29, 0.717) is 5.92 Å². The van der Waals surface area contributed by atoms with Crippen molar-refractivity contribution in [2.24, 2.45) is 5.73 Å². The molecule has 1 atom stereocenters. The first-order valence-corrected chi connectivity index (χ1v) is 11.3. The Morgan fingerprint density at radius 1 is 1.03 bits per heavy atom. The van der Waals surface area contributed by atoms with Crippen molar-refractivity contribution < 1.29 is 14.6 Å². The summed E-state index contributed by atoms with van der Waals surface area (Å²) in [6.07, 6.45) is 0.874. The third-order valence-corrected chi connectivity index (χ3v) is 7.04. The number of primary amides is 1. The predicted molar refractivity (Wildman–Crippen MR) is 131 cm³/mol. The Hall–Kier alpha value is -3.51. The molecule has 1 unspecified atom stereocenters. The molecule has 3 aromatic rings. The Labute approximate surface area is 193 Å². The van der Waals surface area contributed by atoms with Crippen molar-refractivity contribution in [1.82, 2.24) is 4.90 Å². The molecule has 170 valence electrons. The second-order valence-corrected chi connectivity index (χ2v) is 8.86. The van der Waals surface area contributed by atoms with Gasteiger partial charge in [-0.1, -0.05) is 42.5 Å². The lowest BCUT2D eigenvalue weighted by atomic mass is 9.86. The Bertz CT molecular complexity index is 1240. The first-order valence-electron chi connectivity index (χ1n) is 11.3. The van der Waals surface area contributed by atoms with E-state index in [-0.39, 0.29) is 5.57 Å². The first-order chi connectivity index (χ1) is 16.0. The van der Waals surface area contributed by atoms with Crippen LogP contribution in [-0.2, 0) is 4.79 Å². The van der Waals surface area contributed by atoms with Crippen LogP contribution in [0.5, 0.6) is 5.75 Å². The lowest BCUT2D eigenvalue weighted by Gasteiger charge is -2.42. The number of fused-ring (bicyclic) bond motifs is 2. The van der Waals surface area contributed by atoms with E-state index in [2.05, 4.69) is 35.2 Å². The van der Waals surface area contributed by atoms with E-state index in [1.807, 2.05) is 30.3 Å². The Kier molecular flexibility index (Phi) is 5.46. The number of carbonyl (C=O) groups excluding carboxylic acids is 1. The summed E-state index contributed by atoms with van der Waals surface area (Å²) in [5.41, 5.74) is 9.97. The molecule has 0 aromatic heterocycles. The van der Waals surface area contributed by atoms with E-state index in [1.165, 1.54) is 16.3 Å². The van der Waals surface area contributed by atoms with Gasteiger partial charge in [-0.3, -0.25) is 4.79 Å². The number of ether oxygens (including phenoxy) is 1. The van der Waals surface area contributed by atoms with Gasteiger partial charge in [-0.2, -0.15) is 0 Å². The zero-order valence-corrected chi connectivity index (χ0v) is 19.0. The highest BCUT2D eigenvalue weighted by molar-refractivity contribution is 6.04. The summed E-state index contributed by atoms with van der Waals surface area (Å²) < 4.78 is 5.34. The number of hydrogen-bond donors (Lipinski definition) is 2. The molecule has 0 bridgehead atoms. The smallest absolute Gasteiger partial charge is 0.251 e. The molecule has 1 fully saturated rings. The second kappa shape index (κ2) is 8.45. The number of piperidine rings is 1. The highest BCUT2D eigenvalue weighted by atomic mass is 16.5. The fourth-order valence-electron chi connectivity index (χ4n) is 5.22. The summed E-state index contributed by atoms with van der Waals surface area (Å²) in [6.45, 7) is 1.59. The van der Waals surface area contributed by atoms with Gasteiger partial charge in [0.15, 0.2) is 6.23 Å². The Morgan fingerprint density at radius 2 is 1.73 bits per heavy atom. The number of para-hydroxylation sites is 1. The number of rotatable bonds is 4. The van der Waals surface area contributed by atoms with Crippen molar-refractivity contribution >= 4 is 28.1 Å². The maximum Gasteiger partial charge on any atom is 0.251 e. The molecule has 6 heteroatoms. The summed E-state index contributed by atoms with van der Waals surface area (Å²) in [6, 6.07) is 20.7. The van der Waals surface area contributed by atoms with E-state index < -0.39 is 12.1 Å². The normalized spacial score (nSPS) is 19.1. The molecule has 5 rings (SSSR count). The lowest BCUT2D eigenvalue weighted by molar-refractivity contribution is -0.115. The van der Waals surface area contributed by atoms with Gasteiger partial charge in [0.05, 0.1) is 18.4 Å². The molecule has 2 heterocycles. The number of aliphatic hydroxyl groups is 1. The molecule has 0 radical (unpaired) electrons. The number of likely N-dealkylation sites (tertiary alicyclic amines) is 1. The predicted octanol–water partition coefficient (Wildman–Crippen LogP) is 3.69. The van der Waals surface area contributed by atoms with Crippen LogP contribution in [0, 0.1) is 0 Å². The molecular weight excluding hydrogens is 414 g/mol. The van der Waals surface area contributed by atoms with Crippen LogP contribution in [0.15, 0.2) is 66.2 Å². The first kappa shape index (κ1) is 21.3. The maximum atomic E-state index is 12.4. The number of likely N-dealkylation sites (N-methyl/N-ethyl adjacent to an activating group) is 1. The van der Waals surface area contributed by atoms with Gasteiger partial charge in [0.25, 0.3) is 5.91 Å². The topological polar surface area (TPSA) is 79.0 Å². The van der Waals surface area contributed by atoms with Crippen molar-refractivity contribution in [3.8, 4) is 5.75 Å². The number of nitrogens with zero attached hydrogens (tertiary/aromatic N) is 2. The van der Waals surface area contributed by atoms with Crippen molar-refractivity contribution in [1.29, 1.82) is 0 Å². The summed E-state index contributed by atoms with van der Waals surface area (Å²) in [5, 5.41) is 13.2. The van der Waals surface area contributed by atoms with Gasteiger partial charge >= 0.3 is 0 Å². The summed E-state index contributed by atoms with van der Waals surface area (Å²) in [5.74, 6) is 0.727. The van der Waals surface area contributed by atoms with Gasteiger partial charge in [-0.25, -0.2) is 0 Å². The van der Waals surface area contributed by atoms with Gasteiger partial charge in [0.1, 0.15) is 5.75 Å². The number of methoxy groups -OCH3 is 1. The molecule has 0 aliphatic carbocycles. The fraction of sp³-hybridized carbons (Fsp3) is 0.296. The third kappa shape index (κ3) is 3.70. The number of nitrogens with two attached hydrogens (primary N) is 1. The van der Waals surface area contributed by atoms with Crippen molar-refractivity contribution in [2.75, 3.05) is 32.1 Å². The lowest BCUT2D eigenvalue weighted by Crippen LogP contribution is -2.45.